The van der Waals surface area contributed by atoms with Crippen molar-refractivity contribution in [1.82, 2.24) is 10.2 Å². The van der Waals surface area contributed by atoms with Gasteiger partial charge in [-0.15, -0.1) is 0 Å². The highest BCUT2D eigenvalue weighted by molar-refractivity contribution is 5.94. The Hall–Kier alpha value is -2.76. The van der Waals surface area contributed by atoms with Crippen LogP contribution in [0.1, 0.15) is 18.5 Å². The van der Waals surface area contributed by atoms with Crippen LogP contribution in [0.2, 0.25) is 0 Å². The van der Waals surface area contributed by atoms with Gasteiger partial charge in [0, 0.05) is 12.7 Å². The average Bonchev–Trinajstić information content (AvgIpc) is 2.57. The zero-order valence-electron chi connectivity index (χ0n) is 13.5. The number of hydrogen-bond donors (Lipinski definition) is 1. The van der Waals surface area contributed by atoms with Crippen LogP contribution in [-0.4, -0.2) is 37.7 Å². The normalized spacial score (nSPS) is 17.6. The first-order valence-corrected chi connectivity index (χ1v) is 7.16. The lowest BCUT2D eigenvalue weighted by molar-refractivity contribution is -0.136. The van der Waals surface area contributed by atoms with Gasteiger partial charge < -0.3 is 19.7 Å². The van der Waals surface area contributed by atoms with Gasteiger partial charge in [0.25, 0.3) is 0 Å². The van der Waals surface area contributed by atoms with Gasteiger partial charge in [0.2, 0.25) is 0 Å². The quantitative estimate of drug-likeness (QED) is 0.669. The lowest BCUT2D eigenvalue weighted by Gasteiger charge is -2.33. The minimum Gasteiger partial charge on any atom is -0.490 e. The van der Waals surface area contributed by atoms with Gasteiger partial charge in [-0.25, -0.2) is 9.59 Å². The number of esters is 1. The smallest absolute Gasteiger partial charge is 0.337 e. The molecule has 1 atom stereocenters. The third-order valence-corrected chi connectivity index (χ3v) is 3.72. The van der Waals surface area contributed by atoms with E-state index in [0.29, 0.717) is 23.6 Å². The van der Waals surface area contributed by atoms with E-state index < -0.39 is 12.0 Å². The molecule has 0 radical (unpaired) electrons. The third kappa shape index (κ3) is 3.36. The molecule has 0 saturated heterocycles. The zero-order chi connectivity index (χ0) is 17.0. The second-order valence-electron chi connectivity index (χ2n) is 5.10. The molecule has 0 saturated carbocycles. The van der Waals surface area contributed by atoms with E-state index in [1.165, 1.54) is 12.0 Å². The number of carbonyl (C=O) groups excluding carboxylic acids is 2. The van der Waals surface area contributed by atoms with E-state index in [9.17, 15) is 9.59 Å². The van der Waals surface area contributed by atoms with Gasteiger partial charge in [0.1, 0.15) is 12.4 Å². The summed E-state index contributed by atoms with van der Waals surface area (Å²) in [4.78, 5) is 25.6. The summed E-state index contributed by atoms with van der Waals surface area (Å²) in [6, 6.07) is 6.36. The molecule has 1 aromatic carbocycles. The number of ether oxygens (including phenoxy) is 2. The molecule has 2 amide bonds. The highest BCUT2D eigenvalue weighted by atomic mass is 16.5. The maximum absolute atomic E-state index is 12.2. The fourth-order valence-electron chi connectivity index (χ4n) is 2.40. The van der Waals surface area contributed by atoms with E-state index in [0.717, 1.165) is 5.56 Å². The van der Waals surface area contributed by atoms with Crippen LogP contribution in [0.4, 0.5) is 4.79 Å². The average molecular weight is 316 g/mol. The SMILES string of the molecule is C=CCOc1cccc([C@H]2NC(=O)N(C)C(C)=C2C(=O)OC)c1. The Morgan fingerprint density at radius 1 is 1.48 bits per heavy atom. The van der Waals surface area contributed by atoms with Crippen LogP contribution in [0.3, 0.4) is 0 Å². The number of carbonyl (C=O) groups is 2. The maximum Gasteiger partial charge on any atom is 0.337 e. The van der Waals surface area contributed by atoms with Crippen LogP contribution in [0.25, 0.3) is 0 Å². The molecular weight excluding hydrogens is 296 g/mol. The highest BCUT2D eigenvalue weighted by Crippen LogP contribution is 2.31. The second kappa shape index (κ2) is 7.00. The number of allylic oxidation sites excluding steroid dienone is 1. The molecule has 6 nitrogen and oxygen atoms in total. The van der Waals surface area contributed by atoms with Gasteiger partial charge in [0.15, 0.2) is 0 Å². The number of nitrogens with zero attached hydrogens (tertiary/aromatic N) is 1. The van der Waals surface area contributed by atoms with E-state index in [1.807, 2.05) is 12.1 Å². The predicted octanol–water partition coefficient (Wildman–Crippen LogP) is 2.39. The molecule has 1 aliphatic heterocycles. The largest absolute Gasteiger partial charge is 0.490 e. The Morgan fingerprint density at radius 2 is 2.22 bits per heavy atom. The molecule has 23 heavy (non-hydrogen) atoms. The van der Waals surface area contributed by atoms with Crippen molar-refractivity contribution in [3.63, 3.8) is 0 Å². The molecule has 0 aromatic heterocycles. The Bertz CT molecular complexity index is 666. The Balaban J connectivity index is 2.45. The molecule has 0 fully saturated rings. The van der Waals surface area contributed by atoms with Crippen molar-refractivity contribution in [3.05, 3.63) is 53.8 Å². The van der Waals surface area contributed by atoms with Gasteiger partial charge in [-0.1, -0.05) is 24.8 Å². The Morgan fingerprint density at radius 3 is 2.87 bits per heavy atom. The van der Waals surface area contributed by atoms with Crippen LogP contribution in [-0.2, 0) is 9.53 Å². The molecule has 0 bridgehead atoms. The van der Waals surface area contributed by atoms with E-state index in [4.69, 9.17) is 9.47 Å². The van der Waals surface area contributed by atoms with Crippen molar-refractivity contribution in [2.75, 3.05) is 20.8 Å². The minimum atomic E-state index is -0.585. The van der Waals surface area contributed by atoms with Gasteiger partial charge in [-0.05, 0) is 24.6 Å². The Kier molecular flexibility index (Phi) is 5.05. The van der Waals surface area contributed by atoms with Crippen LogP contribution in [0.5, 0.6) is 5.75 Å². The maximum atomic E-state index is 12.2. The van der Waals surface area contributed by atoms with E-state index in [2.05, 4.69) is 11.9 Å². The molecule has 1 aromatic rings. The number of nitrogens with one attached hydrogen (secondary N) is 1. The van der Waals surface area contributed by atoms with Gasteiger partial charge in [-0.3, -0.25) is 0 Å². The molecule has 0 aliphatic carbocycles. The van der Waals surface area contributed by atoms with Gasteiger partial charge in [0.05, 0.1) is 18.7 Å². The number of urea groups is 1. The number of methoxy groups -OCH3 is 1. The monoisotopic (exact) mass is 316 g/mol. The highest BCUT2D eigenvalue weighted by Gasteiger charge is 2.34. The van der Waals surface area contributed by atoms with Crippen molar-refractivity contribution < 1.29 is 19.1 Å². The van der Waals surface area contributed by atoms with E-state index in [1.54, 1.807) is 32.2 Å². The topological polar surface area (TPSA) is 67.9 Å². The van der Waals surface area contributed by atoms with Crippen molar-refractivity contribution in [2.45, 2.75) is 13.0 Å². The van der Waals surface area contributed by atoms with Gasteiger partial charge >= 0.3 is 12.0 Å². The first-order chi connectivity index (χ1) is 11.0. The zero-order valence-corrected chi connectivity index (χ0v) is 13.5. The first kappa shape index (κ1) is 16.6. The number of hydrogen-bond acceptors (Lipinski definition) is 4. The summed E-state index contributed by atoms with van der Waals surface area (Å²) in [6.45, 7) is 5.70. The minimum absolute atomic E-state index is 0.280. The molecule has 1 heterocycles. The molecule has 1 aliphatic rings. The lowest BCUT2D eigenvalue weighted by atomic mass is 9.95. The fourth-order valence-corrected chi connectivity index (χ4v) is 2.40. The molecular formula is C17H20N2O4. The van der Waals surface area contributed by atoms with Crippen molar-refractivity contribution in [2.24, 2.45) is 0 Å². The lowest BCUT2D eigenvalue weighted by Crippen LogP contribution is -2.46. The summed E-state index contributed by atoms with van der Waals surface area (Å²) in [6.07, 6.45) is 1.65. The van der Waals surface area contributed by atoms with E-state index >= 15 is 0 Å². The summed E-state index contributed by atoms with van der Waals surface area (Å²) in [7, 11) is 2.92. The second-order valence-corrected chi connectivity index (χ2v) is 5.10. The fraction of sp³-hybridized carbons (Fsp3) is 0.294. The molecule has 2 rings (SSSR count). The van der Waals surface area contributed by atoms with E-state index in [-0.39, 0.29) is 6.03 Å². The van der Waals surface area contributed by atoms with Crippen molar-refractivity contribution >= 4 is 12.0 Å². The molecule has 122 valence electrons. The standard InChI is InChI=1S/C17H20N2O4/c1-5-9-23-13-8-6-7-12(10-13)15-14(16(20)22-4)11(2)19(3)17(21)18-15/h5-8,10,15H,1,9H2,2-4H3,(H,18,21)/t15-/m1/s1. The number of rotatable bonds is 5. The van der Waals surface area contributed by atoms with Crippen LogP contribution in [0.15, 0.2) is 48.2 Å². The summed E-state index contributed by atoms with van der Waals surface area (Å²) < 4.78 is 10.4. The van der Waals surface area contributed by atoms with Crippen molar-refractivity contribution in [3.8, 4) is 5.75 Å². The summed E-state index contributed by atoms with van der Waals surface area (Å²) >= 11 is 0. The summed E-state index contributed by atoms with van der Waals surface area (Å²) in [5, 5.41) is 2.81. The van der Waals surface area contributed by atoms with Crippen molar-refractivity contribution in [1.29, 1.82) is 0 Å². The number of amides is 2. The molecule has 1 N–H and O–H groups in total. The molecule has 6 heteroatoms. The van der Waals surface area contributed by atoms with Crippen LogP contribution >= 0.6 is 0 Å². The van der Waals surface area contributed by atoms with Crippen LogP contribution in [0, 0.1) is 0 Å². The van der Waals surface area contributed by atoms with Crippen LogP contribution < -0.4 is 10.1 Å². The predicted molar refractivity (Wildman–Crippen MR) is 85.9 cm³/mol. The molecule has 0 spiro atoms. The van der Waals surface area contributed by atoms with Gasteiger partial charge in [-0.2, -0.15) is 0 Å². The number of benzene rings is 1. The Labute approximate surface area is 135 Å². The first-order valence-electron chi connectivity index (χ1n) is 7.16. The summed E-state index contributed by atoms with van der Waals surface area (Å²) in [5.74, 6) is 0.161. The summed E-state index contributed by atoms with van der Waals surface area (Å²) in [5.41, 5.74) is 1.70. The third-order valence-electron chi connectivity index (χ3n) is 3.72. The molecule has 0 unspecified atom stereocenters.